The van der Waals surface area contributed by atoms with Crippen LogP contribution in [0.5, 0.6) is 0 Å². The molecule has 5 nitrogen and oxygen atoms in total. The van der Waals surface area contributed by atoms with Crippen molar-refractivity contribution in [2.75, 3.05) is 19.6 Å². The fourth-order valence-electron chi connectivity index (χ4n) is 3.37. The Hall–Kier alpha value is -1.66. The number of carbonyl (C=O) groups excluding carboxylic acids is 1. The Kier molecular flexibility index (Phi) is 3.27. The first-order chi connectivity index (χ1) is 10.3. The van der Waals surface area contributed by atoms with Crippen LogP contribution < -0.4 is 5.32 Å². The van der Waals surface area contributed by atoms with Crippen LogP contribution in [0.2, 0.25) is 0 Å². The lowest BCUT2D eigenvalue weighted by molar-refractivity contribution is 0.0765. The zero-order chi connectivity index (χ0) is 14.2. The molecule has 5 heterocycles. The number of rotatable bonds is 2. The molecule has 3 saturated heterocycles. The predicted molar refractivity (Wildman–Crippen MR) is 82.4 cm³/mol. The van der Waals surface area contributed by atoms with E-state index in [4.69, 9.17) is 0 Å². The number of aromatic nitrogens is 2. The summed E-state index contributed by atoms with van der Waals surface area (Å²) in [6.07, 6.45) is 5.95. The van der Waals surface area contributed by atoms with Gasteiger partial charge in [-0.1, -0.05) is 0 Å². The number of piperidine rings is 3. The maximum atomic E-state index is 12.3. The summed E-state index contributed by atoms with van der Waals surface area (Å²) in [6.45, 7) is 3.34. The molecular weight excluding hydrogens is 284 g/mol. The fraction of sp³-hybridized carbons (Fsp3) is 0.467. The molecule has 1 N–H and O–H groups in total. The number of hydrogen-bond acceptors (Lipinski definition) is 4. The summed E-state index contributed by atoms with van der Waals surface area (Å²) >= 11 is 1.65. The lowest BCUT2D eigenvalue weighted by Gasteiger charge is -2.44. The van der Waals surface area contributed by atoms with Gasteiger partial charge in [0.15, 0.2) is 0 Å². The van der Waals surface area contributed by atoms with Gasteiger partial charge in [0.25, 0.3) is 0 Å². The second-order valence-corrected chi connectivity index (χ2v) is 6.66. The maximum absolute atomic E-state index is 12.3. The van der Waals surface area contributed by atoms with Crippen molar-refractivity contribution in [3.05, 3.63) is 29.2 Å². The molecule has 0 spiro atoms. The van der Waals surface area contributed by atoms with Gasteiger partial charge in [-0.2, -0.15) is 21.1 Å². The average molecular weight is 302 g/mol. The summed E-state index contributed by atoms with van der Waals surface area (Å²) in [5.41, 5.74) is 2.10. The lowest BCUT2D eigenvalue weighted by Crippen LogP contribution is -2.57. The van der Waals surface area contributed by atoms with Crippen molar-refractivity contribution in [3.8, 4) is 11.1 Å². The van der Waals surface area contributed by atoms with Crippen molar-refractivity contribution in [1.82, 2.24) is 20.0 Å². The monoisotopic (exact) mass is 302 g/mol. The largest absolute Gasteiger partial charge is 0.342 e. The van der Waals surface area contributed by atoms with Crippen molar-refractivity contribution in [2.45, 2.75) is 18.9 Å². The first-order valence-corrected chi connectivity index (χ1v) is 8.34. The lowest BCUT2D eigenvalue weighted by atomic mass is 9.84. The summed E-state index contributed by atoms with van der Waals surface area (Å²) < 4.78 is 1.42. The summed E-state index contributed by atoms with van der Waals surface area (Å²) in [4.78, 5) is 14.8. The van der Waals surface area contributed by atoms with Gasteiger partial charge in [0.2, 0.25) is 0 Å². The third-order valence-electron chi connectivity index (χ3n) is 4.61. The molecule has 110 valence electrons. The standard InChI is InChI=1S/C15H18N4OS/c20-15(17-14-9-18-4-1-11(14)2-5-18)19-8-13(7-16-19)12-3-6-21-10-12/h3,6-8,10-11,14H,1-2,4-5,9H2,(H,17,20)/t14-/m0/s1. The van der Waals surface area contributed by atoms with Gasteiger partial charge >= 0.3 is 6.03 Å². The molecule has 3 fully saturated rings. The van der Waals surface area contributed by atoms with Crippen LogP contribution in [0.4, 0.5) is 4.79 Å². The Balaban J connectivity index is 1.46. The van der Waals surface area contributed by atoms with Crippen LogP contribution in [0.25, 0.3) is 11.1 Å². The van der Waals surface area contributed by atoms with Gasteiger partial charge in [-0.05, 0) is 54.2 Å². The van der Waals surface area contributed by atoms with Gasteiger partial charge < -0.3 is 10.2 Å². The van der Waals surface area contributed by atoms with Crippen LogP contribution in [0, 0.1) is 5.92 Å². The van der Waals surface area contributed by atoms with Gasteiger partial charge in [0.05, 0.1) is 6.20 Å². The number of amides is 1. The number of fused-ring (bicyclic) bond motifs is 3. The third kappa shape index (κ3) is 2.49. The highest BCUT2D eigenvalue weighted by Crippen LogP contribution is 2.27. The predicted octanol–water partition coefficient (Wildman–Crippen LogP) is 2.26. The Labute approximate surface area is 127 Å². The molecule has 5 rings (SSSR count). The first-order valence-electron chi connectivity index (χ1n) is 7.40. The highest BCUT2D eigenvalue weighted by atomic mass is 32.1. The molecule has 6 heteroatoms. The molecular formula is C15H18N4OS. The van der Waals surface area contributed by atoms with E-state index in [1.807, 2.05) is 11.4 Å². The van der Waals surface area contributed by atoms with Gasteiger partial charge in [0.1, 0.15) is 0 Å². The van der Waals surface area contributed by atoms with Crippen LogP contribution >= 0.6 is 11.3 Å². The number of hydrogen-bond donors (Lipinski definition) is 1. The summed E-state index contributed by atoms with van der Waals surface area (Å²) in [6, 6.07) is 2.20. The van der Waals surface area contributed by atoms with E-state index in [0.29, 0.717) is 5.92 Å². The topological polar surface area (TPSA) is 50.2 Å². The molecule has 2 aromatic rings. The van der Waals surface area contributed by atoms with Crippen LogP contribution in [0.15, 0.2) is 29.2 Å². The van der Waals surface area contributed by atoms with E-state index in [2.05, 4.69) is 20.7 Å². The van der Waals surface area contributed by atoms with Crippen LogP contribution in [0.1, 0.15) is 12.8 Å². The highest BCUT2D eigenvalue weighted by molar-refractivity contribution is 7.08. The Morgan fingerprint density at radius 2 is 2.19 bits per heavy atom. The van der Waals surface area contributed by atoms with Crippen molar-refractivity contribution in [1.29, 1.82) is 0 Å². The Bertz CT molecular complexity index is 628. The van der Waals surface area contributed by atoms with Crippen molar-refractivity contribution in [2.24, 2.45) is 5.92 Å². The second-order valence-electron chi connectivity index (χ2n) is 5.88. The maximum Gasteiger partial charge on any atom is 0.342 e. The molecule has 3 aliphatic heterocycles. The molecule has 1 amide bonds. The number of carbonyl (C=O) groups is 1. The average Bonchev–Trinajstić information content (AvgIpc) is 3.20. The van der Waals surface area contributed by atoms with E-state index in [9.17, 15) is 4.79 Å². The summed E-state index contributed by atoms with van der Waals surface area (Å²) in [5.74, 6) is 0.630. The van der Waals surface area contributed by atoms with Crippen LogP contribution in [-0.2, 0) is 0 Å². The van der Waals surface area contributed by atoms with E-state index < -0.39 is 0 Å². The SMILES string of the molecule is O=C(N[C@H]1CN2CCC1CC2)n1cc(-c2ccsc2)cn1. The molecule has 0 aromatic carbocycles. The van der Waals surface area contributed by atoms with E-state index in [0.717, 1.165) is 17.7 Å². The fourth-order valence-corrected chi connectivity index (χ4v) is 4.03. The van der Waals surface area contributed by atoms with Gasteiger partial charge in [-0.25, -0.2) is 4.79 Å². The zero-order valence-electron chi connectivity index (χ0n) is 11.7. The molecule has 2 bridgehead atoms. The molecule has 21 heavy (non-hydrogen) atoms. The van der Waals surface area contributed by atoms with Crippen LogP contribution in [0.3, 0.4) is 0 Å². The summed E-state index contributed by atoms with van der Waals surface area (Å²) in [5, 5.41) is 11.4. The third-order valence-corrected chi connectivity index (χ3v) is 5.29. The Morgan fingerprint density at radius 3 is 2.86 bits per heavy atom. The van der Waals surface area contributed by atoms with E-state index in [1.165, 1.54) is 30.6 Å². The molecule has 2 aromatic heterocycles. The van der Waals surface area contributed by atoms with Gasteiger partial charge in [-0.3, -0.25) is 0 Å². The number of nitrogens with one attached hydrogen (secondary N) is 1. The minimum absolute atomic E-state index is 0.116. The molecule has 1 atom stereocenters. The number of thiophene rings is 1. The molecule has 3 aliphatic rings. The van der Waals surface area contributed by atoms with E-state index in [-0.39, 0.29) is 12.1 Å². The van der Waals surface area contributed by atoms with E-state index in [1.54, 1.807) is 23.7 Å². The van der Waals surface area contributed by atoms with Crippen molar-refractivity contribution < 1.29 is 4.79 Å². The normalized spacial score (nSPS) is 27.7. The zero-order valence-corrected chi connectivity index (χ0v) is 12.6. The van der Waals surface area contributed by atoms with Gasteiger partial charge in [-0.15, -0.1) is 0 Å². The van der Waals surface area contributed by atoms with Crippen molar-refractivity contribution in [3.63, 3.8) is 0 Å². The van der Waals surface area contributed by atoms with Crippen molar-refractivity contribution >= 4 is 17.4 Å². The quantitative estimate of drug-likeness (QED) is 0.926. The Morgan fingerprint density at radius 1 is 1.33 bits per heavy atom. The summed E-state index contributed by atoms with van der Waals surface area (Å²) in [7, 11) is 0. The molecule has 0 aliphatic carbocycles. The first kappa shape index (κ1) is 13.0. The van der Waals surface area contributed by atoms with E-state index >= 15 is 0 Å². The molecule has 0 radical (unpaired) electrons. The minimum atomic E-state index is -0.116. The second kappa shape index (κ2) is 5.27. The smallest absolute Gasteiger partial charge is 0.332 e. The number of nitrogens with zero attached hydrogens (tertiary/aromatic N) is 3. The minimum Gasteiger partial charge on any atom is -0.332 e. The van der Waals surface area contributed by atoms with Crippen LogP contribution in [-0.4, -0.2) is 46.4 Å². The van der Waals surface area contributed by atoms with Gasteiger partial charge in [0, 0.05) is 24.3 Å². The molecule has 0 saturated carbocycles. The highest BCUT2D eigenvalue weighted by Gasteiger charge is 2.35. The molecule has 0 unspecified atom stereocenters.